The Hall–Kier alpha value is -1.55. The van der Waals surface area contributed by atoms with Crippen LogP contribution in [0.3, 0.4) is 0 Å². The molecule has 1 heterocycles. The van der Waals surface area contributed by atoms with Crippen molar-refractivity contribution < 1.29 is 14.6 Å². The standard InChI is InChI=1S/C15H21NO3/c1-2-10-19-12-6-5-9-16(11-12)14-8-4-3-7-13(14)15(17)18/h3-4,7-8,12H,2,5-6,9-11H2,1H3,(H,17,18). The first-order chi connectivity index (χ1) is 9.22. The zero-order chi connectivity index (χ0) is 13.7. The number of benzene rings is 1. The van der Waals surface area contributed by atoms with Crippen LogP contribution in [-0.4, -0.2) is 36.9 Å². The van der Waals surface area contributed by atoms with E-state index in [0.717, 1.165) is 44.6 Å². The second-order valence-corrected chi connectivity index (χ2v) is 4.90. The van der Waals surface area contributed by atoms with Crippen LogP contribution in [-0.2, 0) is 4.74 Å². The second kappa shape index (κ2) is 6.57. The SMILES string of the molecule is CCCOC1CCCN(c2ccccc2C(=O)O)C1. The van der Waals surface area contributed by atoms with Gasteiger partial charge in [0.2, 0.25) is 0 Å². The van der Waals surface area contributed by atoms with Crippen molar-refractivity contribution >= 4 is 11.7 Å². The third kappa shape index (κ3) is 3.47. The summed E-state index contributed by atoms with van der Waals surface area (Å²) in [7, 11) is 0. The Bertz CT molecular complexity index is 433. The molecule has 0 spiro atoms. The molecule has 4 nitrogen and oxygen atoms in total. The minimum absolute atomic E-state index is 0.218. The van der Waals surface area contributed by atoms with E-state index in [2.05, 4.69) is 11.8 Å². The van der Waals surface area contributed by atoms with Crippen molar-refractivity contribution in [3.8, 4) is 0 Å². The lowest BCUT2D eigenvalue weighted by Gasteiger charge is -2.35. The highest BCUT2D eigenvalue weighted by molar-refractivity contribution is 5.94. The predicted molar refractivity (Wildman–Crippen MR) is 74.9 cm³/mol. The van der Waals surface area contributed by atoms with Crippen LogP contribution in [0.1, 0.15) is 36.5 Å². The lowest BCUT2D eigenvalue weighted by Crippen LogP contribution is -2.40. The number of aromatic carboxylic acids is 1. The van der Waals surface area contributed by atoms with Crippen molar-refractivity contribution in [3.63, 3.8) is 0 Å². The number of carboxylic acids is 1. The van der Waals surface area contributed by atoms with Gasteiger partial charge in [-0.1, -0.05) is 19.1 Å². The van der Waals surface area contributed by atoms with Crippen molar-refractivity contribution in [3.05, 3.63) is 29.8 Å². The van der Waals surface area contributed by atoms with Gasteiger partial charge in [-0.05, 0) is 31.4 Å². The van der Waals surface area contributed by atoms with Gasteiger partial charge in [0, 0.05) is 19.7 Å². The molecule has 0 aromatic heterocycles. The average Bonchev–Trinajstić information content (AvgIpc) is 2.45. The number of ether oxygens (including phenoxy) is 1. The Kier molecular flexibility index (Phi) is 4.80. The molecule has 0 bridgehead atoms. The van der Waals surface area contributed by atoms with Gasteiger partial charge in [-0.15, -0.1) is 0 Å². The fourth-order valence-electron chi connectivity index (χ4n) is 2.51. The molecule has 1 aliphatic heterocycles. The molecular formula is C15H21NO3. The Labute approximate surface area is 114 Å². The van der Waals surface area contributed by atoms with Crippen LogP contribution in [0.5, 0.6) is 0 Å². The molecule has 0 aliphatic carbocycles. The summed E-state index contributed by atoms with van der Waals surface area (Å²) >= 11 is 0. The number of hydrogen-bond acceptors (Lipinski definition) is 3. The summed E-state index contributed by atoms with van der Waals surface area (Å²) in [6.07, 6.45) is 3.34. The highest BCUT2D eigenvalue weighted by Crippen LogP contribution is 2.25. The van der Waals surface area contributed by atoms with Gasteiger partial charge in [-0.25, -0.2) is 4.79 Å². The lowest BCUT2D eigenvalue weighted by molar-refractivity contribution is 0.0439. The first kappa shape index (κ1) is 13.9. The Morgan fingerprint density at radius 1 is 1.47 bits per heavy atom. The second-order valence-electron chi connectivity index (χ2n) is 4.90. The normalized spacial score (nSPS) is 19.4. The smallest absolute Gasteiger partial charge is 0.337 e. The van der Waals surface area contributed by atoms with Crippen molar-refractivity contribution in [1.29, 1.82) is 0 Å². The summed E-state index contributed by atoms with van der Waals surface area (Å²) in [5, 5.41) is 9.25. The van der Waals surface area contributed by atoms with Crippen molar-refractivity contribution in [1.82, 2.24) is 0 Å². The average molecular weight is 263 g/mol. The minimum Gasteiger partial charge on any atom is -0.478 e. The van der Waals surface area contributed by atoms with Gasteiger partial charge in [0.1, 0.15) is 0 Å². The van der Waals surface area contributed by atoms with E-state index in [-0.39, 0.29) is 6.10 Å². The summed E-state index contributed by atoms with van der Waals surface area (Å²) < 4.78 is 5.80. The largest absolute Gasteiger partial charge is 0.478 e. The Morgan fingerprint density at radius 2 is 2.26 bits per heavy atom. The third-order valence-electron chi connectivity index (χ3n) is 3.41. The molecule has 1 N–H and O–H groups in total. The molecule has 1 saturated heterocycles. The molecule has 1 unspecified atom stereocenters. The van der Waals surface area contributed by atoms with Gasteiger partial charge < -0.3 is 14.7 Å². The zero-order valence-corrected chi connectivity index (χ0v) is 11.3. The number of carboxylic acid groups (broad SMARTS) is 1. The molecule has 1 aliphatic rings. The highest BCUT2D eigenvalue weighted by Gasteiger charge is 2.23. The van der Waals surface area contributed by atoms with E-state index in [0.29, 0.717) is 5.56 Å². The van der Waals surface area contributed by atoms with Crippen LogP contribution >= 0.6 is 0 Å². The van der Waals surface area contributed by atoms with Gasteiger partial charge in [-0.2, -0.15) is 0 Å². The van der Waals surface area contributed by atoms with Crippen LogP contribution in [0, 0.1) is 0 Å². The molecule has 104 valence electrons. The number of nitrogens with zero attached hydrogens (tertiary/aromatic N) is 1. The van der Waals surface area contributed by atoms with Gasteiger partial charge >= 0.3 is 5.97 Å². The molecule has 1 aromatic rings. The van der Waals surface area contributed by atoms with Crippen molar-refractivity contribution in [2.75, 3.05) is 24.6 Å². The Morgan fingerprint density at radius 3 is 3.00 bits per heavy atom. The van der Waals surface area contributed by atoms with Gasteiger partial charge in [-0.3, -0.25) is 0 Å². The molecule has 0 amide bonds. The number of para-hydroxylation sites is 1. The molecular weight excluding hydrogens is 242 g/mol. The monoisotopic (exact) mass is 263 g/mol. The summed E-state index contributed by atoms with van der Waals surface area (Å²) in [5.74, 6) is -0.868. The van der Waals surface area contributed by atoms with Gasteiger partial charge in [0.15, 0.2) is 0 Å². The van der Waals surface area contributed by atoms with E-state index in [1.54, 1.807) is 12.1 Å². The molecule has 0 radical (unpaired) electrons. The van der Waals surface area contributed by atoms with E-state index >= 15 is 0 Å². The summed E-state index contributed by atoms with van der Waals surface area (Å²) in [4.78, 5) is 13.4. The number of carbonyl (C=O) groups is 1. The molecule has 2 rings (SSSR count). The molecule has 0 saturated carbocycles. The van der Waals surface area contributed by atoms with Crippen LogP contribution < -0.4 is 4.90 Å². The first-order valence-electron chi connectivity index (χ1n) is 6.91. The van der Waals surface area contributed by atoms with Gasteiger partial charge in [0.05, 0.1) is 17.4 Å². The van der Waals surface area contributed by atoms with Crippen LogP contribution in [0.25, 0.3) is 0 Å². The molecule has 1 aromatic carbocycles. The maximum atomic E-state index is 11.3. The van der Waals surface area contributed by atoms with E-state index in [4.69, 9.17) is 4.74 Å². The van der Waals surface area contributed by atoms with E-state index in [1.165, 1.54) is 0 Å². The lowest BCUT2D eigenvalue weighted by atomic mass is 10.1. The summed E-state index contributed by atoms with van der Waals surface area (Å²) in [6.45, 7) is 4.56. The summed E-state index contributed by atoms with van der Waals surface area (Å²) in [6, 6.07) is 7.19. The third-order valence-corrected chi connectivity index (χ3v) is 3.41. The molecule has 19 heavy (non-hydrogen) atoms. The maximum Gasteiger partial charge on any atom is 0.337 e. The van der Waals surface area contributed by atoms with E-state index < -0.39 is 5.97 Å². The quantitative estimate of drug-likeness (QED) is 0.887. The first-order valence-corrected chi connectivity index (χ1v) is 6.91. The Balaban J connectivity index is 2.11. The van der Waals surface area contributed by atoms with Crippen LogP contribution in [0.15, 0.2) is 24.3 Å². The summed E-state index contributed by atoms with van der Waals surface area (Å²) in [5.41, 5.74) is 1.18. The fourth-order valence-corrected chi connectivity index (χ4v) is 2.51. The minimum atomic E-state index is -0.868. The number of rotatable bonds is 5. The topological polar surface area (TPSA) is 49.8 Å². The number of piperidine rings is 1. The molecule has 4 heteroatoms. The van der Waals surface area contributed by atoms with Crippen LogP contribution in [0.2, 0.25) is 0 Å². The highest BCUT2D eigenvalue weighted by atomic mass is 16.5. The van der Waals surface area contributed by atoms with Gasteiger partial charge in [0.25, 0.3) is 0 Å². The number of hydrogen-bond donors (Lipinski definition) is 1. The van der Waals surface area contributed by atoms with Crippen molar-refractivity contribution in [2.24, 2.45) is 0 Å². The number of anilines is 1. The van der Waals surface area contributed by atoms with E-state index in [9.17, 15) is 9.90 Å². The van der Waals surface area contributed by atoms with E-state index in [1.807, 2.05) is 12.1 Å². The van der Waals surface area contributed by atoms with Crippen molar-refractivity contribution in [2.45, 2.75) is 32.3 Å². The maximum absolute atomic E-state index is 11.3. The van der Waals surface area contributed by atoms with Crippen LogP contribution in [0.4, 0.5) is 5.69 Å². The molecule has 1 atom stereocenters. The fraction of sp³-hybridized carbons (Fsp3) is 0.533. The molecule has 1 fully saturated rings. The predicted octanol–water partition coefficient (Wildman–Crippen LogP) is 2.78. The zero-order valence-electron chi connectivity index (χ0n) is 11.3.